The molecule has 1 aliphatic rings. The quantitative estimate of drug-likeness (QED) is 0.728. The Kier molecular flexibility index (Phi) is 4.85. The van der Waals surface area contributed by atoms with Crippen LogP contribution in [-0.4, -0.2) is 38.9 Å². The van der Waals surface area contributed by atoms with Gasteiger partial charge in [-0.1, -0.05) is 0 Å². The van der Waals surface area contributed by atoms with Crippen molar-refractivity contribution in [3.63, 3.8) is 0 Å². The number of rotatable bonds is 8. The number of anilines is 2. The number of aromatic nitrogens is 1. The van der Waals surface area contributed by atoms with Crippen LogP contribution < -0.4 is 15.4 Å². The number of hydrogen-bond donors (Lipinski definition) is 1. The van der Waals surface area contributed by atoms with Gasteiger partial charge in [-0.2, -0.15) is 4.98 Å². The van der Waals surface area contributed by atoms with E-state index in [4.69, 9.17) is 15.2 Å². The smallest absolute Gasteiger partial charge is 0.239 e. The zero-order chi connectivity index (χ0) is 13.7. The highest BCUT2D eigenvalue weighted by molar-refractivity contribution is 5.54. The molecule has 0 radical (unpaired) electrons. The van der Waals surface area contributed by atoms with Gasteiger partial charge < -0.3 is 20.1 Å². The van der Waals surface area contributed by atoms with E-state index in [-0.39, 0.29) is 0 Å². The summed E-state index contributed by atoms with van der Waals surface area (Å²) in [4.78, 5) is 6.57. The molecule has 0 amide bonds. The first-order valence-corrected chi connectivity index (χ1v) is 6.80. The van der Waals surface area contributed by atoms with Gasteiger partial charge in [-0.3, -0.25) is 0 Å². The lowest BCUT2D eigenvalue weighted by Gasteiger charge is -2.19. The first-order valence-electron chi connectivity index (χ1n) is 6.80. The lowest BCUT2D eigenvalue weighted by molar-refractivity contribution is 0.196. The number of nitrogens with two attached hydrogens (primary N) is 1. The third-order valence-corrected chi connectivity index (χ3v) is 3.26. The molecule has 2 N–H and O–H groups in total. The van der Waals surface area contributed by atoms with Gasteiger partial charge in [0.05, 0.1) is 12.3 Å². The lowest BCUT2D eigenvalue weighted by Crippen LogP contribution is -2.21. The van der Waals surface area contributed by atoms with E-state index < -0.39 is 0 Å². The molecule has 5 nitrogen and oxygen atoms in total. The summed E-state index contributed by atoms with van der Waals surface area (Å²) in [6, 6.07) is 3.78. The summed E-state index contributed by atoms with van der Waals surface area (Å²) >= 11 is 0. The van der Waals surface area contributed by atoms with Gasteiger partial charge >= 0.3 is 0 Å². The Bertz CT molecular complexity index is 408. The second-order valence-electron chi connectivity index (χ2n) is 5.09. The maximum atomic E-state index is 5.89. The SMILES string of the molecule is COCCCN(C)c1ccc(N)c(OCC2CC2)n1. The van der Waals surface area contributed by atoms with Gasteiger partial charge in [0.25, 0.3) is 0 Å². The molecule has 0 saturated heterocycles. The molecular formula is C14H23N3O2. The summed E-state index contributed by atoms with van der Waals surface area (Å²) in [5.74, 6) is 2.14. The zero-order valence-electron chi connectivity index (χ0n) is 11.8. The average molecular weight is 265 g/mol. The number of hydrogen-bond acceptors (Lipinski definition) is 5. The van der Waals surface area contributed by atoms with Crippen molar-refractivity contribution in [1.29, 1.82) is 0 Å². The van der Waals surface area contributed by atoms with Gasteiger partial charge in [0.2, 0.25) is 5.88 Å². The van der Waals surface area contributed by atoms with Gasteiger partial charge in [0.1, 0.15) is 5.82 Å². The van der Waals surface area contributed by atoms with Crippen molar-refractivity contribution in [1.82, 2.24) is 4.98 Å². The molecule has 1 fully saturated rings. The Morgan fingerprint density at radius 3 is 2.89 bits per heavy atom. The predicted octanol–water partition coefficient (Wildman–Crippen LogP) is 1.93. The number of nitrogens with zero attached hydrogens (tertiary/aromatic N) is 2. The minimum absolute atomic E-state index is 0.558. The van der Waals surface area contributed by atoms with Crippen molar-refractivity contribution < 1.29 is 9.47 Å². The molecular weight excluding hydrogens is 242 g/mol. The molecule has 0 spiro atoms. The maximum absolute atomic E-state index is 5.89. The number of methoxy groups -OCH3 is 1. The Balaban J connectivity index is 1.93. The van der Waals surface area contributed by atoms with Crippen LogP contribution in [0.3, 0.4) is 0 Å². The van der Waals surface area contributed by atoms with Crippen LogP contribution in [0.15, 0.2) is 12.1 Å². The summed E-state index contributed by atoms with van der Waals surface area (Å²) in [5, 5.41) is 0. The van der Waals surface area contributed by atoms with E-state index in [1.807, 2.05) is 19.2 Å². The van der Waals surface area contributed by atoms with Crippen molar-refractivity contribution in [3.05, 3.63) is 12.1 Å². The highest BCUT2D eigenvalue weighted by Crippen LogP contribution is 2.31. The molecule has 0 unspecified atom stereocenters. The van der Waals surface area contributed by atoms with Crippen molar-refractivity contribution in [2.45, 2.75) is 19.3 Å². The molecule has 1 aromatic heterocycles. The average Bonchev–Trinajstić information content (AvgIpc) is 3.22. The summed E-state index contributed by atoms with van der Waals surface area (Å²) in [5.41, 5.74) is 6.50. The molecule has 1 heterocycles. The number of ether oxygens (including phenoxy) is 2. The van der Waals surface area contributed by atoms with Crippen LogP contribution in [0, 0.1) is 5.92 Å². The highest BCUT2D eigenvalue weighted by Gasteiger charge is 2.22. The molecule has 1 aromatic rings. The van der Waals surface area contributed by atoms with Crippen LogP contribution in [0.5, 0.6) is 5.88 Å². The Hall–Kier alpha value is -1.49. The normalized spacial score (nSPS) is 14.4. The largest absolute Gasteiger partial charge is 0.476 e. The van der Waals surface area contributed by atoms with Crippen molar-refractivity contribution in [2.24, 2.45) is 5.92 Å². The van der Waals surface area contributed by atoms with E-state index in [0.29, 0.717) is 17.5 Å². The molecule has 5 heteroatoms. The number of nitrogen functional groups attached to an aromatic ring is 1. The summed E-state index contributed by atoms with van der Waals surface area (Å²) in [7, 11) is 3.73. The molecule has 19 heavy (non-hydrogen) atoms. The molecule has 1 saturated carbocycles. The molecule has 0 atom stereocenters. The van der Waals surface area contributed by atoms with Crippen LogP contribution in [0.2, 0.25) is 0 Å². The van der Waals surface area contributed by atoms with Gasteiger partial charge in [-0.25, -0.2) is 0 Å². The Morgan fingerprint density at radius 1 is 1.42 bits per heavy atom. The van der Waals surface area contributed by atoms with Crippen LogP contribution in [-0.2, 0) is 4.74 Å². The van der Waals surface area contributed by atoms with Crippen molar-refractivity contribution in [3.8, 4) is 5.88 Å². The topological polar surface area (TPSA) is 60.6 Å². The third-order valence-electron chi connectivity index (χ3n) is 3.26. The fourth-order valence-electron chi connectivity index (χ4n) is 1.81. The first kappa shape index (κ1) is 13.9. The molecule has 0 bridgehead atoms. The van der Waals surface area contributed by atoms with Gasteiger partial charge in [-0.05, 0) is 37.3 Å². The molecule has 1 aliphatic carbocycles. The second kappa shape index (κ2) is 6.61. The summed E-state index contributed by atoms with van der Waals surface area (Å²) in [6.45, 7) is 2.38. The van der Waals surface area contributed by atoms with Crippen LogP contribution in [0.25, 0.3) is 0 Å². The minimum atomic E-state index is 0.558. The second-order valence-corrected chi connectivity index (χ2v) is 5.09. The van der Waals surface area contributed by atoms with E-state index in [1.54, 1.807) is 7.11 Å². The monoisotopic (exact) mass is 265 g/mol. The first-order chi connectivity index (χ1) is 9.20. The Labute approximate surface area is 114 Å². The standard InChI is InChI=1S/C14H23N3O2/c1-17(8-3-9-18-2)13-7-6-12(15)14(16-13)19-10-11-4-5-11/h6-7,11H,3-5,8-10,15H2,1-2H3. The van der Waals surface area contributed by atoms with E-state index in [9.17, 15) is 0 Å². The van der Waals surface area contributed by atoms with E-state index in [1.165, 1.54) is 12.8 Å². The van der Waals surface area contributed by atoms with Gasteiger partial charge in [0, 0.05) is 27.3 Å². The fraction of sp³-hybridized carbons (Fsp3) is 0.643. The molecule has 0 aliphatic heterocycles. The highest BCUT2D eigenvalue weighted by atomic mass is 16.5. The number of pyridine rings is 1. The Morgan fingerprint density at radius 2 is 2.21 bits per heavy atom. The van der Waals surface area contributed by atoms with E-state index in [2.05, 4.69) is 9.88 Å². The fourth-order valence-corrected chi connectivity index (χ4v) is 1.81. The molecule has 0 aromatic carbocycles. The minimum Gasteiger partial charge on any atom is -0.476 e. The summed E-state index contributed by atoms with van der Waals surface area (Å²) in [6.07, 6.45) is 3.49. The lowest BCUT2D eigenvalue weighted by atomic mass is 10.3. The van der Waals surface area contributed by atoms with E-state index in [0.717, 1.165) is 32.0 Å². The maximum Gasteiger partial charge on any atom is 0.239 e. The third kappa shape index (κ3) is 4.28. The van der Waals surface area contributed by atoms with Crippen LogP contribution in [0.4, 0.5) is 11.5 Å². The van der Waals surface area contributed by atoms with Gasteiger partial charge in [-0.15, -0.1) is 0 Å². The summed E-state index contributed by atoms with van der Waals surface area (Å²) < 4.78 is 10.7. The van der Waals surface area contributed by atoms with Crippen LogP contribution in [0.1, 0.15) is 19.3 Å². The van der Waals surface area contributed by atoms with Crippen LogP contribution >= 0.6 is 0 Å². The van der Waals surface area contributed by atoms with Crippen molar-refractivity contribution in [2.75, 3.05) is 44.5 Å². The van der Waals surface area contributed by atoms with Crippen molar-refractivity contribution >= 4 is 11.5 Å². The van der Waals surface area contributed by atoms with Gasteiger partial charge in [0.15, 0.2) is 0 Å². The molecule has 2 rings (SSSR count). The molecule has 106 valence electrons. The predicted molar refractivity (Wildman–Crippen MR) is 76.6 cm³/mol. The van der Waals surface area contributed by atoms with E-state index >= 15 is 0 Å². The zero-order valence-corrected chi connectivity index (χ0v) is 11.8.